The number of halogens is 2. The Labute approximate surface area is 186 Å². The summed E-state index contributed by atoms with van der Waals surface area (Å²) < 4.78 is 32.7. The number of carbonyl (C=O) groups is 1. The van der Waals surface area contributed by atoms with E-state index in [2.05, 4.69) is 17.5 Å². The van der Waals surface area contributed by atoms with E-state index in [0.29, 0.717) is 30.6 Å². The topological polar surface area (TPSA) is 74.0 Å². The SMILES string of the molecule is CNCC1C=CCC2CN(c3c(F)cc4c(=O)c(C(=O)O)c5scc(C)n5c4c3F)CC12. The number of benzene rings is 1. The molecule has 1 aromatic carbocycles. The van der Waals surface area contributed by atoms with Crippen molar-refractivity contribution in [3.8, 4) is 0 Å². The highest BCUT2D eigenvalue weighted by Gasteiger charge is 2.40. The van der Waals surface area contributed by atoms with Gasteiger partial charge in [0.05, 0.1) is 10.9 Å². The molecule has 3 aromatic rings. The molecule has 168 valence electrons. The van der Waals surface area contributed by atoms with Gasteiger partial charge in [0.25, 0.3) is 0 Å². The fourth-order valence-electron chi connectivity index (χ4n) is 5.40. The van der Waals surface area contributed by atoms with E-state index >= 15 is 8.78 Å². The van der Waals surface area contributed by atoms with Crippen molar-refractivity contribution >= 4 is 38.7 Å². The number of hydrogen-bond donors (Lipinski definition) is 2. The second kappa shape index (κ2) is 7.67. The van der Waals surface area contributed by atoms with E-state index in [1.807, 2.05) is 7.05 Å². The van der Waals surface area contributed by atoms with Gasteiger partial charge in [-0.1, -0.05) is 12.2 Å². The third-order valence-corrected chi connectivity index (χ3v) is 7.88. The lowest BCUT2D eigenvalue weighted by molar-refractivity contribution is 0.0697. The molecule has 2 N–H and O–H groups in total. The van der Waals surface area contributed by atoms with Crippen LogP contribution in [-0.4, -0.2) is 42.2 Å². The van der Waals surface area contributed by atoms with Gasteiger partial charge in [0, 0.05) is 30.7 Å². The molecule has 1 saturated heterocycles. The number of carboxylic acids is 1. The first-order valence-corrected chi connectivity index (χ1v) is 11.5. The van der Waals surface area contributed by atoms with Gasteiger partial charge in [0.2, 0.25) is 5.43 Å². The van der Waals surface area contributed by atoms with Crippen molar-refractivity contribution in [2.45, 2.75) is 13.3 Å². The van der Waals surface area contributed by atoms with Gasteiger partial charge in [-0.15, -0.1) is 11.3 Å². The van der Waals surface area contributed by atoms with Crippen LogP contribution in [0.3, 0.4) is 0 Å². The molecule has 0 spiro atoms. The van der Waals surface area contributed by atoms with Crippen LogP contribution in [0, 0.1) is 36.3 Å². The average Bonchev–Trinajstić information content (AvgIpc) is 3.33. The standard InChI is InChI=1S/C23H23F2N3O3S/c1-11-10-32-22-17(23(30)31)21(29)14-6-16(24)20(18(25)19(14)28(11)22)27-8-13-5-3-4-12(7-26-2)15(13)9-27/h3-4,6,10,12-13,15,26H,5,7-9H2,1-2H3,(H,30,31). The van der Waals surface area contributed by atoms with Gasteiger partial charge in [-0.05, 0) is 44.2 Å². The van der Waals surface area contributed by atoms with Crippen molar-refractivity contribution in [3.05, 3.63) is 56.7 Å². The van der Waals surface area contributed by atoms with Gasteiger partial charge >= 0.3 is 5.97 Å². The van der Waals surface area contributed by atoms with E-state index in [1.54, 1.807) is 17.2 Å². The van der Waals surface area contributed by atoms with Crippen LogP contribution >= 0.6 is 11.3 Å². The minimum absolute atomic E-state index is 0.0649. The zero-order chi connectivity index (χ0) is 22.7. The van der Waals surface area contributed by atoms with E-state index in [0.717, 1.165) is 30.4 Å². The maximum Gasteiger partial charge on any atom is 0.342 e. The highest BCUT2D eigenvalue weighted by molar-refractivity contribution is 7.16. The van der Waals surface area contributed by atoms with E-state index in [1.165, 1.54) is 4.40 Å². The van der Waals surface area contributed by atoms with Crippen LogP contribution in [0.2, 0.25) is 0 Å². The number of pyridine rings is 1. The predicted molar refractivity (Wildman–Crippen MR) is 121 cm³/mol. The lowest BCUT2D eigenvalue weighted by Gasteiger charge is -2.28. The first-order valence-electron chi connectivity index (χ1n) is 10.6. The van der Waals surface area contributed by atoms with E-state index in [9.17, 15) is 14.7 Å². The first kappa shape index (κ1) is 21.1. The van der Waals surface area contributed by atoms with Crippen LogP contribution in [0.25, 0.3) is 15.7 Å². The number of hydrogen-bond acceptors (Lipinski definition) is 5. The number of allylic oxidation sites excluding steroid dienone is 1. The third-order valence-electron chi connectivity index (χ3n) is 6.81. The van der Waals surface area contributed by atoms with Gasteiger partial charge in [-0.3, -0.25) is 4.79 Å². The molecular weight excluding hydrogens is 436 g/mol. The molecule has 3 atom stereocenters. The van der Waals surface area contributed by atoms with Crippen molar-refractivity contribution in [3.63, 3.8) is 0 Å². The molecule has 3 unspecified atom stereocenters. The monoisotopic (exact) mass is 459 g/mol. The van der Waals surface area contributed by atoms with E-state index in [-0.39, 0.29) is 27.3 Å². The molecule has 1 fully saturated rings. The number of aromatic nitrogens is 1. The Morgan fingerprint density at radius 2 is 2.12 bits per heavy atom. The summed E-state index contributed by atoms with van der Waals surface area (Å²) >= 11 is 1.06. The summed E-state index contributed by atoms with van der Waals surface area (Å²) in [6.07, 6.45) is 5.19. The number of rotatable bonds is 4. The van der Waals surface area contributed by atoms with Gasteiger partial charge in [0.1, 0.15) is 21.9 Å². The normalized spacial score (nSPS) is 22.8. The summed E-state index contributed by atoms with van der Waals surface area (Å²) in [6.45, 7) is 3.56. The summed E-state index contributed by atoms with van der Waals surface area (Å²) in [5.74, 6) is -2.19. The Morgan fingerprint density at radius 3 is 2.84 bits per heavy atom. The third kappa shape index (κ3) is 2.98. The average molecular weight is 460 g/mol. The highest BCUT2D eigenvalue weighted by Crippen LogP contribution is 2.41. The lowest BCUT2D eigenvalue weighted by atomic mass is 9.78. The molecule has 2 aliphatic rings. The van der Waals surface area contributed by atoms with Crippen LogP contribution in [0.1, 0.15) is 22.5 Å². The summed E-state index contributed by atoms with van der Waals surface area (Å²) in [4.78, 5) is 26.5. The smallest absolute Gasteiger partial charge is 0.342 e. The van der Waals surface area contributed by atoms with Crippen molar-refractivity contribution in [2.24, 2.45) is 17.8 Å². The number of carboxylic acid groups (broad SMARTS) is 1. The molecule has 9 heteroatoms. The quantitative estimate of drug-likeness (QED) is 0.583. The molecule has 1 aliphatic heterocycles. The zero-order valence-electron chi connectivity index (χ0n) is 17.7. The van der Waals surface area contributed by atoms with Crippen LogP contribution in [0.4, 0.5) is 14.5 Å². The van der Waals surface area contributed by atoms with Crippen LogP contribution in [0.15, 0.2) is 28.4 Å². The van der Waals surface area contributed by atoms with E-state index < -0.39 is 28.6 Å². The summed E-state index contributed by atoms with van der Waals surface area (Å²) in [7, 11) is 1.89. The molecule has 0 amide bonds. The molecular formula is C23H23F2N3O3S. The second-order valence-electron chi connectivity index (χ2n) is 8.66. The molecule has 0 bridgehead atoms. The fourth-order valence-corrected chi connectivity index (χ4v) is 6.42. The number of aryl methyl sites for hydroxylation is 1. The maximum atomic E-state index is 16.0. The molecule has 3 heterocycles. The number of nitrogens with one attached hydrogen (secondary N) is 1. The van der Waals surface area contributed by atoms with Gasteiger partial charge in [-0.2, -0.15) is 0 Å². The van der Waals surface area contributed by atoms with Crippen LogP contribution in [0.5, 0.6) is 0 Å². The molecule has 0 radical (unpaired) electrons. The Morgan fingerprint density at radius 1 is 1.34 bits per heavy atom. The van der Waals surface area contributed by atoms with Crippen LogP contribution < -0.4 is 15.6 Å². The Hall–Kier alpha value is -2.78. The number of thiazole rings is 1. The van der Waals surface area contributed by atoms with Crippen LogP contribution in [-0.2, 0) is 0 Å². The molecule has 2 aromatic heterocycles. The zero-order valence-corrected chi connectivity index (χ0v) is 18.5. The minimum Gasteiger partial charge on any atom is -0.477 e. The molecule has 6 nitrogen and oxygen atoms in total. The van der Waals surface area contributed by atoms with Gasteiger partial charge < -0.3 is 19.7 Å². The van der Waals surface area contributed by atoms with Gasteiger partial charge in [0.15, 0.2) is 5.82 Å². The number of nitrogens with zero attached hydrogens (tertiary/aromatic N) is 2. The number of anilines is 1. The van der Waals surface area contributed by atoms with Crippen molar-refractivity contribution in [1.82, 2.24) is 9.72 Å². The summed E-state index contributed by atoms with van der Waals surface area (Å²) in [6, 6.07) is 0.997. The van der Waals surface area contributed by atoms with Crippen molar-refractivity contribution in [2.75, 3.05) is 31.6 Å². The number of aromatic carboxylic acids is 1. The molecule has 1 aliphatic carbocycles. The van der Waals surface area contributed by atoms with Gasteiger partial charge in [-0.25, -0.2) is 13.6 Å². The summed E-state index contributed by atoms with van der Waals surface area (Å²) in [5.41, 5.74) is -0.952. The highest BCUT2D eigenvalue weighted by atomic mass is 32.1. The minimum atomic E-state index is -1.41. The lowest BCUT2D eigenvalue weighted by Crippen LogP contribution is -2.31. The largest absolute Gasteiger partial charge is 0.477 e. The van der Waals surface area contributed by atoms with Crippen molar-refractivity contribution < 1.29 is 18.7 Å². The fraction of sp³-hybridized carbons (Fsp3) is 0.391. The molecule has 32 heavy (non-hydrogen) atoms. The predicted octanol–water partition coefficient (Wildman–Crippen LogP) is 3.65. The summed E-state index contributed by atoms with van der Waals surface area (Å²) in [5, 5.41) is 14.2. The Kier molecular flexibility index (Phi) is 5.05. The Bertz CT molecular complexity index is 1350. The maximum absolute atomic E-state index is 16.0. The van der Waals surface area contributed by atoms with E-state index in [4.69, 9.17) is 0 Å². The number of fused-ring (bicyclic) bond motifs is 4. The second-order valence-corrected chi connectivity index (χ2v) is 9.52. The Balaban J connectivity index is 1.71. The first-order chi connectivity index (χ1) is 15.3. The van der Waals surface area contributed by atoms with Crippen molar-refractivity contribution in [1.29, 1.82) is 0 Å². The molecule has 5 rings (SSSR count). The molecule has 0 saturated carbocycles.